The summed E-state index contributed by atoms with van der Waals surface area (Å²) < 4.78 is 16.1. The fraction of sp³-hybridized carbons (Fsp3) is 0. The van der Waals surface area contributed by atoms with E-state index < -0.39 is 0 Å². The van der Waals surface area contributed by atoms with Crippen LogP contribution in [0, 0.1) is 0 Å². The molecule has 0 heterocycles. The van der Waals surface area contributed by atoms with Crippen LogP contribution in [0.15, 0.2) is 0 Å². The number of hydrogen-bond donors (Lipinski definition) is 0. The van der Waals surface area contributed by atoms with Crippen molar-refractivity contribution in [2.45, 2.75) is 0 Å². The van der Waals surface area contributed by atoms with Crippen LogP contribution < -0.4 is 0 Å². The van der Waals surface area contributed by atoms with Gasteiger partial charge >= 0.3 is 23.7 Å². The van der Waals surface area contributed by atoms with Gasteiger partial charge in [-0.1, -0.05) is 0 Å². The van der Waals surface area contributed by atoms with Gasteiger partial charge in [0.1, 0.15) is 0 Å². The molecule has 0 saturated carbocycles. The Morgan fingerprint density at radius 3 is 1.25 bits per heavy atom. The van der Waals surface area contributed by atoms with Crippen LogP contribution in [0.3, 0.4) is 0 Å². The van der Waals surface area contributed by atoms with E-state index in [0.717, 1.165) is 20.4 Å². The first-order chi connectivity index (χ1) is 2.00. The van der Waals surface area contributed by atoms with Gasteiger partial charge in [-0.2, -0.15) is 4.21 Å². The van der Waals surface area contributed by atoms with E-state index in [1.54, 1.807) is 0 Å². The molecule has 0 spiro atoms. The Labute approximate surface area is 40.8 Å². The molecule has 0 aliphatic heterocycles. The third-order valence-corrected chi connectivity index (χ3v) is 0. The van der Waals surface area contributed by atoms with Gasteiger partial charge in [-0.25, -0.2) is 0 Å². The molecule has 0 unspecified atom stereocenters. The molecule has 0 radical (unpaired) electrons. The predicted octanol–water partition coefficient (Wildman–Crippen LogP) is -0.458. The van der Waals surface area contributed by atoms with Crippen molar-refractivity contribution in [3.05, 3.63) is 0 Å². The predicted molar refractivity (Wildman–Crippen MR) is 8.83 cm³/mol. The maximum absolute atomic E-state index is 8.25. The van der Waals surface area contributed by atoms with Crippen molar-refractivity contribution in [3.63, 3.8) is 0 Å². The van der Waals surface area contributed by atoms with Crippen LogP contribution in [0.1, 0.15) is 0 Å². The standard InChI is InChI=1S/OS.O.Ti/c1-2;;. The number of hydrogen-bond acceptors (Lipinski definition) is 3. The Balaban J connectivity index is 0. The molecule has 0 aliphatic rings. The van der Waals surface area contributed by atoms with Gasteiger partial charge in [-0.15, -0.1) is 0 Å². The average molecular weight is 112 g/mol. The second-order valence-electron chi connectivity index (χ2n) is 0. The normalized spacial score (nSPS) is 1.75. The zero-order valence-corrected chi connectivity index (χ0v) is 4.10. The van der Waals surface area contributed by atoms with Gasteiger partial charge in [-0.3, -0.25) is 0 Å². The Bertz CT molecular complexity index is 8.00. The van der Waals surface area contributed by atoms with Crippen LogP contribution in [-0.4, -0.2) is 4.21 Å². The first-order valence-corrected chi connectivity index (χ1v) is 1.34. The Morgan fingerprint density at radius 2 is 1.25 bits per heavy atom. The van der Waals surface area contributed by atoms with Gasteiger partial charge in [0.25, 0.3) is 0 Å². The SMILES string of the molecule is O=S.[O]=[Ti]. The van der Waals surface area contributed by atoms with Crippen molar-refractivity contribution < 1.29 is 27.9 Å². The fourth-order valence-corrected chi connectivity index (χ4v) is 0. The molecule has 22 valence electrons. The van der Waals surface area contributed by atoms with Crippen molar-refractivity contribution in [1.82, 2.24) is 0 Å². The van der Waals surface area contributed by atoms with Crippen molar-refractivity contribution in [2.75, 3.05) is 0 Å². The van der Waals surface area contributed by atoms with E-state index in [2.05, 4.69) is 12.5 Å². The van der Waals surface area contributed by atoms with E-state index in [0.29, 0.717) is 0 Å². The molecule has 0 aromatic rings. The van der Waals surface area contributed by atoms with Crippen LogP contribution in [0.4, 0.5) is 0 Å². The Kier molecular flexibility index (Phi) is 175. The third kappa shape index (κ3) is 20.9. The summed E-state index contributed by atoms with van der Waals surface area (Å²) in [6, 6.07) is 0. The molecule has 0 aliphatic carbocycles. The molecular formula is O2STi. The molecule has 0 aromatic heterocycles. The summed E-state index contributed by atoms with van der Waals surface area (Å²) in [4.78, 5) is 0. The molecule has 0 bridgehead atoms. The molecule has 4 heteroatoms. The van der Waals surface area contributed by atoms with Crippen LogP contribution in [0.2, 0.25) is 0 Å². The molecule has 0 rings (SSSR count). The summed E-state index contributed by atoms with van der Waals surface area (Å²) in [6.45, 7) is 0. The van der Waals surface area contributed by atoms with E-state index >= 15 is 0 Å². The summed E-state index contributed by atoms with van der Waals surface area (Å²) in [5.74, 6) is 0. The van der Waals surface area contributed by atoms with E-state index in [4.69, 9.17) is 7.53 Å². The van der Waals surface area contributed by atoms with Gasteiger partial charge < -0.3 is 0 Å². The third-order valence-electron chi connectivity index (χ3n) is 0. The second-order valence-corrected chi connectivity index (χ2v) is 0. The van der Waals surface area contributed by atoms with Gasteiger partial charge in [0.05, 0.1) is 0 Å². The average Bonchev–Trinajstić information content (AvgIpc) is 1.50. The topological polar surface area (TPSA) is 34.1 Å². The summed E-state index contributed by atoms with van der Waals surface area (Å²) in [5, 5.41) is 0. The molecule has 0 N–H and O–H groups in total. The van der Waals surface area contributed by atoms with Gasteiger partial charge in [0, 0.05) is 0 Å². The second kappa shape index (κ2) is 79.5. The Hall–Kier alpha value is 0.534. The van der Waals surface area contributed by atoms with E-state index in [-0.39, 0.29) is 0 Å². The van der Waals surface area contributed by atoms with Gasteiger partial charge in [0.15, 0.2) is 12.5 Å². The summed E-state index contributed by atoms with van der Waals surface area (Å²) in [5.41, 5.74) is 0. The van der Waals surface area contributed by atoms with Crippen LogP contribution in [0.5, 0.6) is 0 Å². The monoisotopic (exact) mass is 112 g/mol. The van der Waals surface area contributed by atoms with E-state index in [1.165, 1.54) is 0 Å². The number of rotatable bonds is 0. The van der Waals surface area contributed by atoms with E-state index in [1.807, 2.05) is 0 Å². The van der Waals surface area contributed by atoms with Crippen molar-refractivity contribution in [3.8, 4) is 0 Å². The summed E-state index contributed by atoms with van der Waals surface area (Å²) in [6.07, 6.45) is 0. The summed E-state index contributed by atoms with van der Waals surface area (Å²) in [7, 11) is 0. The molecule has 2 nitrogen and oxygen atoms in total. The Morgan fingerprint density at radius 1 is 1.25 bits per heavy atom. The molecule has 0 atom stereocenters. The fourth-order valence-electron chi connectivity index (χ4n) is 0. The first-order valence-electron chi connectivity index (χ1n) is 0.371. The first kappa shape index (κ1) is 8.82. The molecule has 0 aromatic carbocycles. The quantitative estimate of drug-likeness (QED) is 0.397. The summed E-state index contributed by atoms with van der Waals surface area (Å²) >= 11 is 3.58. The molecule has 0 fully saturated rings. The zero-order valence-electron chi connectivity index (χ0n) is 1.72. The van der Waals surface area contributed by atoms with Crippen LogP contribution in [-0.2, 0) is 36.3 Å². The molecular weight excluding hydrogens is 112 g/mol. The maximum atomic E-state index is 8.25. The zero-order chi connectivity index (χ0) is 4.00. The molecule has 0 amide bonds. The van der Waals surface area contributed by atoms with Crippen molar-refractivity contribution in [1.29, 1.82) is 0 Å². The van der Waals surface area contributed by atoms with Crippen molar-refractivity contribution >= 4 is 12.5 Å². The van der Waals surface area contributed by atoms with Crippen LogP contribution in [0.25, 0.3) is 0 Å². The van der Waals surface area contributed by atoms with E-state index in [9.17, 15) is 0 Å². The van der Waals surface area contributed by atoms with Crippen molar-refractivity contribution in [2.24, 2.45) is 0 Å². The van der Waals surface area contributed by atoms with Crippen LogP contribution >= 0.6 is 0 Å². The molecule has 0 saturated heterocycles. The minimum absolute atomic E-state index is 0.750. The minimum atomic E-state index is 0.750. The van der Waals surface area contributed by atoms with Gasteiger partial charge in [-0.05, 0) is 0 Å². The van der Waals surface area contributed by atoms with Gasteiger partial charge in [0.2, 0.25) is 0 Å². The molecule has 4 heavy (non-hydrogen) atoms.